The predicted molar refractivity (Wildman–Crippen MR) is 48.5 cm³/mol. The lowest BCUT2D eigenvalue weighted by Crippen LogP contribution is -2.51. The first-order valence-electron chi connectivity index (χ1n) is 3.89. The molecule has 0 aromatic heterocycles. The highest BCUT2D eigenvalue weighted by molar-refractivity contribution is 9.09. The van der Waals surface area contributed by atoms with Gasteiger partial charge in [-0.2, -0.15) is 43.9 Å². The lowest BCUT2D eigenvalue weighted by Gasteiger charge is -2.30. The third-order valence-corrected chi connectivity index (χ3v) is 3.54. The fraction of sp³-hybridized carbons (Fsp3) is 1.00. The van der Waals surface area contributed by atoms with Crippen LogP contribution in [0.15, 0.2) is 0 Å². The van der Waals surface area contributed by atoms with Gasteiger partial charge in [-0.05, 0) is 0 Å². The van der Waals surface area contributed by atoms with Gasteiger partial charge in [0.25, 0.3) is 0 Å². The van der Waals surface area contributed by atoms with Gasteiger partial charge in [-0.25, -0.2) is 0 Å². The smallest absolute Gasteiger partial charge is 0.253 e. The summed E-state index contributed by atoms with van der Waals surface area (Å²) < 4.78 is 124. The Bertz CT molecular complexity index is 280. The summed E-state index contributed by atoms with van der Waals surface area (Å²) in [4.78, 5) is -7.79. The second-order valence-corrected chi connectivity index (χ2v) is 4.87. The van der Waals surface area contributed by atoms with E-state index in [1.54, 1.807) is 0 Å². The molecule has 19 heavy (non-hydrogen) atoms. The lowest BCUT2D eigenvalue weighted by atomic mass is 10.3. The number of hydrogen-bond acceptors (Lipinski definition) is 1. The fourth-order valence-electron chi connectivity index (χ4n) is 0.666. The Kier molecular flexibility index (Phi) is 5.61. The van der Waals surface area contributed by atoms with E-state index in [2.05, 4.69) is 4.74 Å². The molecular weight excluding hydrogens is 438 g/mol. The zero-order valence-electron chi connectivity index (χ0n) is 8.10. The van der Waals surface area contributed by atoms with Crippen LogP contribution in [0.25, 0.3) is 0 Å². The van der Waals surface area contributed by atoms with Gasteiger partial charge >= 0.3 is 24.6 Å². The second kappa shape index (κ2) is 5.54. The molecule has 1 nitrogen and oxygen atoms in total. The standard InChI is InChI=1S/C6H2Br2F10O/c7-1(3(9,10)11)5(15,16)19-6(17,18)2(8)4(12,13)14/h1-2H. The molecule has 0 radical (unpaired) electrons. The Morgan fingerprint density at radius 1 is 0.579 bits per heavy atom. The number of halogens is 12. The maximum Gasteiger partial charge on any atom is 0.409 e. The van der Waals surface area contributed by atoms with Crippen LogP contribution in [0.4, 0.5) is 43.9 Å². The Labute approximate surface area is 115 Å². The molecule has 0 bridgehead atoms. The Balaban J connectivity index is 5.11. The second-order valence-electron chi connectivity index (χ2n) is 3.03. The van der Waals surface area contributed by atoms with Crippen LogP contribution in [0.1, 0.15) is 0 Å². The first-order valence-corrected chi connectivity index (χ1v) is 5.72. The van der Waals surface area contributed by atoms with Gasteiger partial charge in [-0.1, -0.05) is 31.9 Å². The molecule has 0 aliphatic carbocycles. The van der Waals surface area contributed by atoms with Crippen LogP contribution in [0, 0.1) is 0 Å². The molecule has 0 amide bonds. The minimum absolute atomic E-state index is 1.34. The summed E-state index contributed by atoms with van der Waals surface area (Å²) in [5.74, 6) is 0. The fourth-order valence-corrected chi connectivity index (χ4v) is 0.853. The summed E-state index contributed by atoms with van der Waals surface area (Å²) in [5.41, 5.74) is 0. The van der Waals surface area contributed by atoms with Gasteiger partial charge in [-0.15, -0.1) is 0 Å². The molecule has 116 valence electrons. The number of ether oxygens (including phenoxy) is 1. The highest BCUT2D eigenvalue weighted by Gasteiger charge is 2.64. The number of rotatable bonds is 4. The van der Waals surface area contributed by atoms with E-state index in [1.165, 1.54) is 31.9 Å². The van der Waals surface area contributed by atoms with Crippen molar-refractivity contribution < 1.29 is 48.6 Å². The quantitative estimate of drug-likeness (QED) is 0.450. The van der Waals surface area contributed by atoms with Crippen molar-refractivity contribution in [2.75, 3.05) is 0 Å². The molecule has 2 unspecified atom stereocenters. The molecule has 0 saturated heterocycles. The van der Waals surface area contributed by atoms with Gasteiger partial charge in [0, 0.05) is 0 Å². The van der Waals surface area contributed by atoms with Crippen molar-refractivity contribution in [1.82, 2.24) is 0 Å². The van der Waals surface area contributed by atoms with E-state index < -0.39 is 34.2 Å². The average Bonchev–Trinajstić information content (AvgIpc) is 2.10. The van der Waals surface area contributed by atoms with Gasteiger partial charge in [-0.3, -0.25) is 4.74 Å². The average molecular weight is 440 g/mol. The maximum atomic E-state index is 12.7. The molecule has 0 fully saturated rings. The van der Waals surface area contributed by atoms with Crippen molar-refractivity contribution in [1.29, 1.82) is 0 Å². The van der Waals surface area contributed by atoms with E-state index in [0.29, 0.717) is 0 Å². The summed E-state index contributed by atoms with van der Waals surface area (Å²) in [7, 11) is 0. The molecule has 0 rings (SSSR count). The van der Waals surface area contributed by atoms with Crippen LogP contribution in [0.2, 0.25) is 0 Å². The topological polar surface area (TPSA) is 9.23 Å². The van der Waals surface area contributed by atoms with E-state index in [-0.39, 0.29) is 0 Å². The third kappa shape index (κ3) is 5.25. The molecule has 0 aromatic carbocycles. The van der Waals surface area contributed by atoms with Crippen LogP contribution in [-0.4, -0.2) is 34.2 Å². The molecule has 0 N–H and O–H groups in total. The third-order valence-electron chi connectivity index (χ3n) is 1.44. The van der Waals surface area contributed by atoms with Crippen LogP contribution in [-0.2, 0) is 4.74 Å². The number of hydrogen-bond donors (Lipinski definition) is 0. The lowest BCUT2D eigenvalue weighted by molar-refractivity contribution is -0.399. The minimum Gasteiger partial charge on any atom is -0.253 e. The molecule has 0 saturated carbocycles. The largest absolute Gasteiger partial charge is 0.409 e. The Morgan fingerprint density at radius 3 is 0.947 bits per heavy atom. The molecule has 0 heterocycles. The summed E-state index contributed by atoms with van der Waals surface area (Å²) in [6.45, 7) is 0. The van der Waals surface area contributed by atoms with E-state index in [9.17, 15) is 43.9 Å². The van der Waals surface area contributed by atoms with Crippen molar-refractivity contribution in [2.45, 2.75) is 34.2 Å². The normalized spacial score (nSPS) is 18.3. The highest BCUT2D eigenvalue weighted by atomic mass is 79.9. The van der Waals surface area contributed by atoms with Crippen molar-refractivity contribution in [3.05, 3.63) is 0 Å². The molecule has 0 aliphatic heterocycles. The Morgan fingerprint density at radius 2 is 0.789 bits per heavy atom. The predicted octanol–water partition coefficient (Wildman–Crippen LogP) is 4.84. The summed E-state index contributed by atoms with van der Waals surface area (Å²) in [5, 5.41) is 0. The van der Waals surface area contributed by atoms with E-state index in [1.807, 2.05) is 0 Å². The van der Waals surface area contributed by atoms with Crippen LogP contribution >= 0.6 is 31.9 Å². The first kappa shape index (κ1) is 19.2. The van der Waals surface area contributed by atoms with Crippen molar-refractivity contribution in [2.24, 2.45) is 0 Å². The van der Waals surface area contributed by atoms with Crippen LogP contribution in [0.3, 0.4) is 0 Å². The van der Waals surface area contributed by atoms with Gasteiger partial charge in [0.05, 0.1) is 0 Å². The molecule has 0 aromatic rings. The summed E-state index contributed by atoms with van der Waals surface area (Å²) in [6.07, 6.45) is -22.6. The van der Waals surface area contributed by atoms with Gasteiger partial charge in [0.1, 0.15) is 0 Å². The Hall–Kier alpha value is 0.220. The molecule has 13 heteroatoms. The SMILES string of the molecule is FC(F)(F)C(Br)C(F)(F)OC(F)(F)C(Br)C(F)(F)F. The van der Waals surface area contributed by atoms with Crippen molar-refractivity contribution >= 4 is 31.9 Å². The van der Waals surface area contributed by atoms with Crippen molar-refractivity contribution in [3.63, 3.8) is 0 Å². The molecule has 0 aliphatic rings. The number of alkyl halides is 12. The van der Waals surface area contributed by atoms with Gasteiger partial charge < -0.3 is 0 Å². The van der Waals surface area contributed by atoms with Gasteiger partial charge in [0.2, 0.25) is 9.65 Å². The molecular formula is C6H2Br2F10O. The molecule has 2 atom stereocenters. The van der Waals surface area contributed by atoms with Crippen LogP contribution in [0.5, 0.6) is 0 Å². The summed E-state index contributed by atoms with van der Waals surface area (Å²) in [6, 6.07) is 0. The minimum atomic E-state index is -5.71. The monoisotopic (exact) mass is 438 g/mol. The summed E-state index contributed by atoms with van der Waals surface area (Å²) >= 11 is 2.68. The first-order chi connectivity index (χ1) is 8.02. The van der Waals surface area contributed by atoms with Gasteiger partial charge in [0.15, 0.2) is 0 Å². The van der Waals surface area contributed by atoms with Crippen LogP contribution < -0.4 is 0 Å². The highest BCUT2D eigenvalue weighted by Crippen LogP contribution is 2.46. The zero-order chi connectivity index (χ0) is 15.9. The molecule has 0 spiro atoms. The van der Waals surface area contributed by atoms with E-state index in [0.717, 1.165) is 0 Å². The van der Waals surface area contributed by atoms with E-state index in [4.69, 9.17) is 0 Å². The van der Waals surface area contributed by atoms with E-state index >= 15 is 0 Å². The zero-order valence-corrected chi connectivity index (χ0v) is 11.3. The maximum absolute atomic E-state index is 12.7. The van der Waals surface area contributed by atoms with Crippen molar-refractivity contribution in [3.8, 4) is 0 Å².